The summed E-state index contributed by atoms with van der Waals surface area (Å²) in [6.45, 7) is 0.0401. The lowest BCUT2D eigenvalue weighted by Gasteiger charge is -2.27. The van der Waals surface area contributed by atoms with E-state index in [9.17, 15) is 22.4 Å². The number of likely N-dealkylation sites (tertiary alicyclic amines) is 1. The van der Waals surface area contributed by atoms with Crippen molar-refractivity contribution in [2.75, 3.05) is 24.5 Å². The van der Waals surface area contributed by atoms with E-state index in [1.54, 1.807) is 18.3 Å². The van der Waals surface area contributed by atoms with Gasteiger partial charge in [-0.25, -0.2) is 22.1 Å². The van der Waals surface area contributed by atoms with E-state index in [0.717, 1.165) is 29.1 Å². The summed E-state index contributed by atoms with van der Waals surface area (Å²) in [6, 6.07) is 6.66. The Kier molecular flexibility index (Phi) is 4.64. The number of benzene rings is 1. The molecule has 3 aromatic rings. The molecule has 0 spiro atoms. The maximum Gasteiger partial charge on any atom is 0.267 e. The number of halogens is 4. The highest BCUT2D eigenvalue weighted by atomic mass is 19.3. The van der Waals surface area contributed by atoms with Gasteiger partial charge in [0.2, 0.25) is 0 Å². The number of carbonyl (C=O) groups excluding carboxylic acids is 1. The first kappa shape index (κ1) is 19.8. The molecule has 162 valence electrons. The van der Waals surface area contributed by atoms with Crippen LogP contribution >= 0.6 is 0 Å². The van der Waals surface area contributed by atoms with Crippen LogP contribution in [-0.4, -0.2) is 46.0 Å². The van der Waals surface area contributed by atoms with Gasteiger partial charge in [-0.05, 0) is 43.2 Å². The number of pyridine rings is 1. The van der Waals surface area contributed by atoms with Gasteiger partial charge in [0.25, 0.3) is 11.8 Å². The average Bonchev–Trinajstić information content (AvgIpc) is 3.46. The van der Waals surface area contributed by atoms with Gasteiger partial charge in [-0.15, -0.1) is 0 Å². The Balaban J connectivity index is 1.49. The fourth-order valence-corrected chi connectivity index (χ4v) is 4.56. The summed E-state index contributed by atoms with van der Waals surface area (Å²) in [4.78, 5) is 16.0. The summed E-state index contributed by atoms with van der Waals surface area (Å²) < 4.78 is 56.8. The third-order valence-electron chi connectivity index (χ3n) is 6.09. The van der Waals surface area contributed by atoms with Crippen LogP contribution in [0.1, 0.15) is 41.2 Å². The Labute approximate surface area is 175 Å². The Morgan fingerprint density at radius 1 is 1.13 bits per heavy atom. The van der Waals surface area contributed by atoms with Crippen molar-refractivity contribution in [2.45, 2.75) is 31.2 Å². The highest BCUT2D eigenvalue weighted by molar-refractivity contribution is 6.01. The third-order valence-corrected chi connectivity index (χ3v) is 6.09. The minimum absolute atomic E-state index is 0.00406. The molecule has 1 aromatic carbocycles. The molecule has 0 N–H and O–H groups in total. The Morgan fingerprint density at radius 3 is 2.74 bits per heavy atom. The number of alkyl halides is 2. The van der Waals surface area contributed by atoms with E-state index < -0.39 is 30.0 Å². The summed E-state index contributed by atoms with van der Waals surface area (Å²) in [5.74, 6) is -4.32. The van der Waals surface area contributed by atoms with Crippen LogP contribution < -0.4 is 4.90 Å². The van der Waals surface area contributed by atoms with E-state index >= 15 is 0 Å². The van der Waals surface area contributed by atoms with Gasteiger partial charge in [0.15, 0.2) is 0 Å². The number of fused-ring (bicyclic) bond motifs is 1. The molecule has 2 aromatic heterocycles. The van der Waals surface area contributed by atoms with Crippen LogP contribution in [0.15, 0.2) is 42.7 Å². The standard InChI is InChI=1S/C22H20F4N4O/c23-14-3-4-18(24)16(10-14)19-2-1-7-29(19)15-5-8-30-20(11-15)17(12-27-30)21(31)28-9-6-22(25,26)13-28/h3-5,8,10-12,19H,1-2,6-7,9,13H2. The molecule has 0 aliphatic carbocycles. The normalized spacial score (nSPS) is 20.7. The molecule has 0 saturated carbocycles. The molecule has 1 unspecified atom stereocenters. The van der Waals surface area contributed by atoms with Gasteiger partial charge in [0.1, 0.15) is 11.6 Å². The minimum atomic E-state index is -2.87. The third kappa shape index (κ3) is 3.51. The van der Waals surface area contributed by atoms with Crippen molar-refractivity contribution in [3.8, 4) is 0 Å². The average molecular weight is 432 g/mol. The van der Waals surface area contributed by atoms with Crippen molar-refractivity contribution in [1.29, 1.82) is 0 Å². The fraction of sp³-hybridized carbons (Fsp3) is 0.364. The number of hydrogen-bond acceptors (Lipinski definition) is 3. The predicted molar refractivity (Wildman–Crippen MR) is 106 cm³/mol. The van der Waals surface area contributed by atoms with Crippen molar-refractivity contribution in [3.63, 3.8) is 0 Å². The Morgan fingerprint density at radius 2 is 1.97 bits per heavy atom. The lowest BCUT2D eigenvalue weighted by atomic mass is 10.0. The number of amides is 1. The molecule has 0 radical (unpaired) electrons. The van der Waals surface area contributed by atoms with Crippen molar-refractivity contribution in [3.05, 3.63) is 65.5 Å². The molecule has 5 rings (SSSR count). The molecule has 2 fully saturated rings. The number of rotatable bonds is 3. The SMILES string of the molecule is O=C(c1cnn2ccc(N3CCCC3c3cc(F)ccc3F)cc12)N1CCC(F)(F)C1. The second kappa shape index (κ2) is 7.25. The van der Waals surface area contributed by atoms with Crippen LogP contribution in [0.2, 0.25) is 0 Å². The van der Waals surface area contributed by atoms with E-state index in [4.69, 9.17) is 0 Å². The van der Waals surface area contributed by atoms with Gasteiger partial charge in [-0.3, -0.25) is 4.79 Å². The maximum atomic E-state index is 14.4. The zero-order valence-electron chi connectivity index (χ0n) is 16.6. The summed E-state index contributed by atoms with van der Waals surface area (Å²) in [6.07, 6.45) is 4.18. The minimum Gasteiger partial charge on any atom is -0.364 e. The van der Waals surface area contributed by atoms with Crippen LogP contribution in [0.4, 0.5) is 23.2 Å². The predicted octanol–water partition coefficient (Wildman–Crippen LogP) is 4.44. The van der Waals surface area contributed by atoms with Gasteiger partial charge >= 0.3 is 0 Å². The van der Waals surface area contributed by atoms with E-state index in [1.807, 2.05) is 4.90 Å². The fourth-order valence-electron chi connectivity index (χ4n) is 4.56. The largest absolute Gasteiger partial charge is 0.364 e. The Hall–Kier alpha value is -3.10. The van der Waals surface area contributed by atoms with Crippen molar-refractivity contribution in [1.82, 2.24) is 14.5 Å². The highest BCUT2D eigenvalue weighted by Gasteiger charge is 2.41. The summed E-state index contributed by atoms with van der Waals surface area (Å²) in [5.41, 5.74) is 1.76. The van der Waals surface area contributed by atoms with Gasteiger partial charge < -0.3 is 9.80 Å². The summed E-state index contributed by atoms with van der Waals surface area (Å²) in [7, 11) is 0. The van der Waals surface area contributed by atoms with Crippen molar-refractivity contribution >= 4 is 17.1 Å². The first-order chi connectivity index (χ1) is 14.8. The number of anilines is 1. The number of hydrogen-bond donors (Lipinski definition) is 0. The van der Waals surface area contributed by atoms with Crippen LogP contribution in [-0.2, 0) is 0 Å². The van der Waals surface area contributed by atoms with Crippen molar-refractivity contribution in [2.24, 2.45) is 0 Å². The second-order valence-corrected chi connectivity index (χ2v) is 8.12. The van der Waals surface area contributed by atoms with Gasteiger partial charge in [0, 0.05) is 37.0 Å². The van der Waals surface area contributed by atoms with Crippen LogP contribution in [0.3, 0.4) is 0 Å². The monoisotopic (exact) mass is 432 g/mol. The molecular weight excluding hydrogens is 412 g/mol. The molecular formula is C22H20F4N4O. The molecule has 2 saturated heterocycles. The first-order valence-corrected chi connectivity index (χ1v) is 10.2. The highest BCUT2D eigenvalue weighted by Crippen LogP contribution is 2.38. The Bertz CT molecular complexity index is 1160. The molecule has 31 heavy (non-hydrogen) atoms. The van der Waals surface area contributed by atoms with E-state index in [2.05, 4.69) is 5.10 Å². The van der Waals surface area contributed by atoms with E-state index in [0.29, 0.717) is 24.0 Å². The van der Waals surface area contributed by atoms with Crippen LogP contribution in [0, 0.1) is 11.6 Å². The molecule has 1 amide bonds. The van der Waals surface area contributed by atoms with E-state index in [-0.39, 0.29) is 24.6 Å². The molecule has 1 atom stereocenters. The molecule has 2 aliphatic rings. The lowest BCUT2D eigenvalue weighted by molar-refractivity contribution is 0.0120. The summed E-state index contributed by atoms with van der Waals surface area (Å²) >= 11 is 0. The zero-order valence-corrected chi connectivity index (χ0v) is 16.6. The zero-order chi connectivity index (χ0) is 21.8. The van der Waals surface area contributed by atoms with E-state index in [1.165, 1.54) is 16.8 Å². The molecule has 0 bridgehead atoms. The number of aromatic nitrogens is 2. The van der Waals surface area contributed by atoms with Gasteiger partial charge in [-0.2, -0.15) is 5.10 Å². The quantitative estimate of drug-likeness (QED) is 0.575. The van der Waals surface area contributed by atoms with Crippen LogP contribution in [0.25, 0.3) is 5.52 Å². The van der Waals surface area contributed by atoms with Gasteiger partial charge in [0.05, 0.1) is 29.9 Å². The maximum absolute atomic E-state index is 14.4. The lowest BCUT2D eigenvalue weighted by Crippen LogP contribution is -2.31. The smallest absolute Gasteiger partial charge is 0.267 e. The van der Waals surface area contributed by atoms with Crippen LogP contribution in [0.5, 0.6) is 0 Å². The van der Waals surface area contributed by atoms with Crippen molar-refractivity contribution < 1.29 is 22.4 Å². The molecule has 9 heteroatoms. The molecule has 4 heterocycles. The van der Waals surface area contributed by atoms with Gasteiger partial charge in [-0.1, -0.05) is 0 Å². The molecule has 2 aliphatic heterocycles. The summed E-state index contributed by atoms with van der Waals surface area (Å²) in [5, 5.41) is 4.17. The first-order valence-electron chi connectivity index (χ1n) is 10.2. The molecule has 5 nitrogen and oxygen atoms in total. The number of nitrogens with zero attached hydrogens (tertiary/aromatic N) is 4. The number of carbonyl (C=O) groups is 1. The second-order valence-electron chi connectivity index (χ2n) is 8.12. The topological polar surface area (TPSA) is 40.9 Å².